The van der Waals surface area contributed by atoms with Gasteiger partial charge in [-0.15, -0.1) is 0 Å². The van der Waals surface area contributed by atoms with Gasteiger partial charge in [-0.2, -0.15) is 0 Å². The second-order valence-electron chi connectivity index (χ2n) is 5.39. The number of nitrogens with one attached hydrogen (secondary N) is 2. The largest absolute Gasteiger partial charge is 0.376 e. The molecule has 4 heteroatoms. The molecule has 0 aromatic heterocycles. The normalized spacial score (nSPS) is 10.5. The van der Waals surface area contributed by atoms with Crippen LogP contribution in [0.3, 0.4) is 0 Å². The second kappa shape index (κ2) is 6.84. The van der Waals surface area contributed by atoms with E-state index >= 15 is 0 Å². The van der Waals surface area contributed by atoms with E-state index in [2.05, 4.69) is 44.8 Å². The molecule has 3 aromatic rings. The Hall–Kier alpha value is -2.33. The molecule has 0 aliphatic carbocycles. The number of carbonyl (C=O) groups excluding carboxylic acids is 1. The summed E-state index contributed by atoms with van der Waals surface area (Å²) in [5, 5.41) is 8.42. The van der Waals surface area contributed by atoms with Crippen molar-refractivity contribution in [3.05, 3.63) is 70.7 Å². The van der Waals surface area contributed by atoms with Crippen LogP contribution in [-0.4, -0.2) is 12.5 Å². The maximum absolute atomic E-state index is 12.2. The van der Waals surface area contributed by atoms with Gasteiger partial charge in [0.1, 0.15) is 0 Å². The molecule has 0 aliphatic rings. The third kappa shape index (κ3) is 3.71. The number of carbonyl (C=O) groups is 1. The van der Waals surface area contributed by atoms with Crippen molar-refractivity contribution in [3.63, 3.8) is 0 Å². The molecule has 0 saturated carbocycles. The van der Waals surface area contributed by atoms with Gasteiger partial charge in [0, 0.05) is 21.2 Å². The Balaban J connectivity index is 1.69. The van der Waals surface area contributed by atoms with Crippen LogP contribution in [-0.2, 0) is 4.79 Å². The zero-order chi connectivity index (χ0) is 16.2. The van der Waals surface area contributed by atoms with E-state index in [0.717, 1.165) is 32.2 Å². The first-order chi connectivity index (χ1) is 11.1. The summed E-state index contributed by atoms with van der Waals surface area (Å²) >= 11 is 3.42. The maximum atomic E-state index is 12.2. The summed E-state index contributed by atoms with van der Waals surface area (Å²) in [7, 11) is 0. The van der Waals surface area contributed by atoms with Crippen molar-refractivity contribution < 1.29 is 4.79 Å². The Morgan fingerprint density at radius 2 is 1.78 bits per heavy atom. The average Bonchev–Trinajstić information content (AvgIpc) is 2.55. The van der Waals surface area contributed by atoms with Gasteiger partial charge in [-0.25, -0.2) is 0 Å². The minimum absolute atomic E-state index is 0.0663. The molecule has 3 aromatic carbocycles. The van der Waals surface area contributed by atoms with Crippen molar-refractivity contribution in [1.82, 2.24) is 0 Å². The Labute approximate surface area is 143 Å². The van der Waals surface area contributed by atoms with E-state index in [9.17, 15) is 4.79 Å². The summed E-state index contributed by atoms with van der Waals surface area (Å²) in [5.74, 6) is -0.0663. The molecule has 0 fully saturated rings. The Bertz CT molecular complexity index is 856. The van der Waals surface area contributed by atoms with E-state index in [0.29, 0.717) is 0 Å². The second-order valence-corrected chi connectivity index (χ2v) is 6.30. The van der Waals surface area contributed by atoms with Crippen LogP contribution < -0.4 is 10.6 Å². The van der Waals surface area contributed by atoms with E-state index in [1.807, 2.05) is 49.4 Å². The van der Waals surface area contributed by atoms with Crippen LogP contribution in [0, 0.1) is 6.92 Å². The Morgan fingerprint density at radius 1 is 1.00 bits per heavy atom. The van der Waals surface area contributed by atoms with Gasteiger partial charge >= 0.3 is 0 Å². The SMILES string of the molecule is Cc1cc(Br)ccc1NC(=O)CNc1cccc2ccccc12. The molecule has 0 atom stereocenters. The summed E-state index contributed by atoms with van der Waals surface area (Å²) < 4.78 is 1.00. The first-order valence-corrected chi connectivity index (χ1v) is 8.20. The molecule has 2 N–H and O–H groups in total. The van der Waals surface area contributed by atoms with Gasteiger partial charge in [0.25, 0.3) is 0 Å². The van der Waals surface area contributed by atoms with Crippen molar-refractivity contribution in [2.75, 3.05) is 17.2 Å². The van der Waals surface area contributed by atoms with Crippen LogP contribution in [0.1, 0.15) is 5.56 Å². The molecule has 3 rings (SSSR count). The molecule has 3 nitrogen and oxygen atoms in total. The Kier molecular flexibility index (Phi) is 4.63. The smallest absolute Gasteiger partial charge is 0.243 e. The van der Waals surface area contributed by atoms with Gasteiger partial charge in [0.15, 0.2) is 0 Å². The molecule has 116 valence electrons. The Morgan fingerprint density at radius 3 is 2.61 bits per heavy atom. The van der Waals surface area contributed by atoms with Crippen LogP contribution >= 0.6 is 15.9 Å². The van der Waals surface area contributed by atoms with E-state index in [1.165, 1.54) is 0 Å². The number of aryl methyl sites for hydroxylation is 1. The summed E-state index contributed by atoms with van der Waals surface area (Å²) in [6, 6.07) is 19.9. The molecular formula is C19H17BrN2O. The van der Waals surface area contributed by atoms with Crippen molar-refractivity contribution >= 4 is 44.0 Å². The lowest BCUT2D eigenvalue weighted by atomic mass is 10.1. The quantitative estimate of drug-likeness (QED) is 0.682. The summed E-state index contributed by atoms with van der Waals surface area (Å²) in [6.07, 6.45) is 0. The zero-order valence-electron chi connectivity index (χ0n) is 12.8. The van der Waals surface area contributed by atoms with Crippen molar-refractivity contribution in [3.8, 4) is 0 Å². The van der Waals surface area contributed by atoms with E-state index in [1.54, 1.807) is 0 Å². The van der Waals surface area contributed by atoms with Gasteiger partial charge in [0.05, 0.1) is 6.54 Å². The number of hydrogen-bond acceptors (Lipinski definition) is 2. The van der Waals surface area contributed by atoms with Gasteiger partial charge in [-0.1, -0.05) is 52.3 Å². The molecule has 1 amide bonds. The van der Waals surface area contributed by atoms with Gasteiger partial charge < -0.3 is 10.6 Å². The molecule has 0 heterocycles. The summed E-state index contributed by atoms with van der Waals surface area (Å²) in [5.41, 5.74) is 2.82. The van der Waals surface area contributed by atoms with Crippen molar-refractivity contribution in [1.29, 1.82) is 0 Å². The first kappa shape index (κ1) is 15.6. The van der Waals surface area contributed by atoms with E-state index in [4.69, 9.17) is 0 Å². The minimum Gasteiger partial charge on any atom is -0.376 e. The molecular weight excluding hydrogens is 352 g/mol. The third-order valence-electron chi connectivity index (χ3n) is 3.69. The number of benzene rings is 3. The van der Waals surface area contributed by atoms with E-state index < -0.39 is 0 Å². The highest BCUT2D eigenvalue weighted by Crippen LogP contribution is 2.23. The lowest BCUT2D eigenvalue weighted by molar-refractivity contribution is -0.114. The van der Waals surface area contributed by atoms with Crippen LogP contribution in [0.25, 0.3) is 10.8 Å². The monoisotopic (exact) mass is 368 g/mol. The fraction of sp³-hybridized carbons (Fsp3) is 0.105. The van der Waals surface area contributed by atoms with Crippen LogP contribution in [0.5, 0.6) is 0 Å². The highest BCUT2D eigenvalue weighted by molar-refractivity contribution is 9.10. The highest BCUT2D eigenvalue weighted by Gasteiger charge is 2.06. The maximum Gasteiger partial charge on any atom is 0.243 e. The molecule has 0 bridgehead atoms. The van der Waals surface area contributed by atoms with E-state index in [-0.39, 0.29) is 12.5 Å². The lowest BCUT2D eigenvalue weighted by Crippen LogP contribution is -2.22. The number of halogens is 1. The molecule has 0 saturated heterocycles. The number of fused-ring (bicyclic) bond motifs is 1. The fourth-order valence-electron chi connectivity index (χ4n) is 2.52. The molecule has 0 unspecified atom stereocenters. The van der Waals surface area contributed by atoms with Crippen LogP contribution in [0.2, 0.25) is 0 Å². The summed E-state index contributed by atoms with van der Waals surface area (Å²) in [4.78, 5) is 12.2. The fourth-order valence-corrected chi connectivity index (χ4v) is 2.99. The number of rotatable bonds is 4. The predicted molar refractivity (Wildman–Crippen MR) is 99.9 cm³/mol. The highest BCUT2D eigenvalue weighted by atomic mass is 79.9. The molecule has 0 spiro atoms. The van der Waals surface area contributed by atoms with Gasteiger partial charge in [0.2, 0.25) is 5.91 Å². The number of anilines is 2. The molecule has 23 heavy (non-hydrogen) atoms. The van der Waals surface area contributed by atoms with Crippen LogP contribution in [0.4, 0.5) is 11.4 Å². The van der Waals surface area contributed by atoms with Crippen molar-refractivity contribution in [2.24, 2.45) is 0 Å². The first-order valence-electron chi connectivity index (χ1n) is 7.41. The third-order valence-corrected chi connectivity index (χ3v) is 4.18. The molecule has 0 aliphatic heterocycles. The number of hydrogen-bond donors (Lipinski definition) is 2. The standard InChI is InChI=1S/C19H17BrN2O/c1-13-11-15(20)9-10-17(13)22-19(23)12-21-18-8-4-6-14-5-2-3-7-16(14)18/h2-11,21H,12H2,1H3,(H,22,23). The zero-order valence-corrected chi connectivity index (χ0v) is 14.4. The summed E-state index contributed by atoms with van der Waals surface area (Å²) in [6.45, 7) is 2.20. The predicted octanol–water partition coefficient (Wildman–Crippen LogP) is 4.96. The van der Waals surface area contributed by atoms with Crippen LogP contribution in [0.15, 0.2) is 65.1 Å². The topological polar surface area (TPSA) is 41.1 Å². The van der Waals surface area contributed by atoms with Gasteiger partial charge in [-0.05, 0) is 42.1 Å². The molecule has 0 radical (unpaired) electrons. The number of amides is 1. The minimum atomic E-state index is -0.0663. The average molecular weight is 369 g/mol. The lowest BCUT2D eigenvalue weighted by Gasteiger charge is -2.11. The van der Waals surface area contributed by atoms with Crippen molar-refractivity contribution in [2.45, 2.75) is 6.92 Å². The van der Waals surface area contributed by atoms with Gasteiger partial charge in [-0.3, -0.25) is 4.79 Å².